The lowest BCUT2D eigenvalue weighted by Crippen LogP contribution is -2.21. The molecule has 0 radical (unpaired) electrons. The molecule has 0 aliphatic heterocycles. The Hall–Kier alpha value is -1.57. The average molecular weight is 439 g/mol. The summed E-state index contributed by atoms with van der Waals surface area (Å²) in [6.07, 6.45) is 29.5. The molecule has 0 amide bonds. The lowest BCUT2D eigenvalue weighted by atomic mass is 9.84. The maximum Gasteiger partial charge on any atom is 0.0948 e. The molecule has 2 rings (SSSR count). The molecule has 2 nitrogen and oxygen atoms in total. The SMILES string of the molecule is CCCCCCCCCCCCCC(C(CCCCC)Cc1ccccc1)n1ccnc1. The highest BCUT2D eigenvalue weighted by molar-refractivity contribution is 5.15. The van der Waals surface area contributed by atoms with E-state index in [-0.39, 0.29) is 0 Å². The molecule has 2 atom stereocenters. The predicted octanol–water partition coefficient (Wildman–Crippen LogP) is 9.56. The summed E-state index contributed by atoms with van der Waals surface area (Å²) in [5.74, 6) is 0.696. The van der Waals surface area contributed by atoms with Gasteiger partial charge in [0.2, 0.25) is 0 Å². The molecule has 32 heavy (non-hydrogen) atoms. The van der Waals surface area contributed by atoms with Crippen LogP contribution in [0.4, 0.5) is 0 Å². The maximum atomic E-state index is 4.40. The average Bonchev–Trinajstić information content (AvgIpc) is 3.35. The Morgan fingerprint density at radius 1 is 0.688 bits per heavy atom. The number of rotatable bonds is 20. The maximum absolute atomic E-state index is 4.40. The van der Waals surface area contributed by atoms with Crippen molar-refractivity contribution in [3.8, 4) is 0 Å². The van der Waals surface area contributed by atoms with Gasteiger partial charge in [-0.2, -0.15) is 0 Å². The Kier molecular flexibility index (Phi) is 14.9. The van der Waals surface area contributed by atoms with E-state index < -0.39 is 0 Å². The Morgan fingerprint density at radius 3 is 1.84 bits per heavy atom. The van der Waals surface area contributed by atoms with Gasteiger partial charge in [-0.05, 0) is 30.7 Å². The van der Waals surface area contributed by atoms with Crippen LogP contribution in [0, 0.1) is 5.92 Å². The second-order valence-corrected chi connectivity index (χ2v) is 9.85. The molecule has 0 aliphatic rings. The normalized spacial score (nSPS) is 13.3. The summed E-state index contributed by atoms with van der Waals surface area (Å²) in [6.45, 7) is 4.61. The molecule has 0 aliphatic carbocycles. The molecule has 0 saturated carbocycles. The first kappa shape index (κ1) is 26.7. The quantitative estimate of drug-likeness (QED) is 0.188. The number of aromatic nitrogens is 2. The van der Waals surface area contributed by atoms with Crippen LogP contribution in [0.1, 0.15) is 128 Å². The van der Waals surface area contributed by atoms with Gasteiger partial charge in [0.05, 0.1) is 6.33 Å². The summed E-state index contributed by atoms with van der Waals surface area (Å²) in [5.41, 5.74) is 1.48. The Balaban J connectivity index is 1.79. The van der Waals surface area contributed by atoms with Gasteiger partial charge in [-0.1, -0.05) is 134 Å². The fraction of sp³-hybridized carbons (Fsp3) is 0.700. The van der Waals surface area contributed by atoms with Gasteiger partial charge < -0.3 is 4.57 Å². The smallest absolute Gasteiger partial charge is 0.0948 e. The van der Waals surface area contributed by atoms with Crippen LogP contribution in [0.25, 0.3) is 0 Å². The molecule has 0 N–H and O–H groups in total. The van der Waals surface area contributed by atoms with Gasteiger partial charge in [0.1, 0.15) is 0 Å². The molecular formula is C30H50N2. The zero-order valence-corrected chi connectivity index (χ0v) is 21.2. The van der Waals surface area contributed by atoms with Gasteiger partial charge in [-0.25, -0.2) is 4.98 Å². The number of imidazole rings is 1. The van der Waals surface area contributed by atoms with E-state index in [4.69, 9.17) is 0 Å². The van der Waals surface area contributed by atoms with Crippen molar-refractivity contribution in [3.05, 3.63) is 54.6 Å². The summed E-state index contributed by atoms with van der Waals surface area (Å²) in [5, 5.41) is 0. The third-order valence-electron chi connectivity index (χ3n) is 7.07. The summed E-state index contributed by atoms with van der Waals surface area (Å²) in [4.78, 5) is 4.40. The molecule has 0 saturated heterocycles. The van der Waals surface area contributed by atoms with Crippen LogP contribution in [-0.2, 0) is 6.42 Å². The van der Waals surface area contributed by atoms with Crippen LogP contribution in [0.3, 0.4) is 0 Å². The van der Waals surface area contributed by atoms with Crippen molar-refractivity contribution in [1.82, 2.24) is 9.55 Å². The van der Waals surface area contributed by atoms with Crippen LogP contribution in [-0.4, -0.2) is 9.55 Å². The molecule has 0 fully saturated rings. The van der Waals surface area contributed by atoms with Crippen LogP contribution in [0.2, 0.25) is 0 Å². The third-order valence-corrected chi connectivity index (χ3v) is 7.07. The zero-order valence-electron chi connectivity index (χ0n) is 21.2. The minimum absolute atomic E-state index is 0.577. The largest absolute Gasteiger partial charge is 0.334 e. The minimum Gasteiger partial charge on any atom is -0.334 e. The lowest BCUT2D eigenvalue weighted by molar-refractivity contribution is 0.276. The minimum atomic E-state index is 0.577. The Morgan fingerprint density at radius 2 is 1.25 bits per heavy atom. The first-order chi connectivity index (χ1) is 15.8. The highest BCUT2D eigenvalue weighted by atomic mass is 15.1. The zero-order chi connectivity index (χ0) is 22.7. The van der Waals surface area contributed by atoms with E-state index >= 15 is 0 Å². The van der Waals surface area contributed by atoms with Crippen molar-refractivity contribution in [1.29, 1.82) is 0 Å². The van der Waals surface area contributed by atoms with E-state index in [0.717, 1.165) is 0 Å². The third kappa shape index (κ3) is 11.3. The van der Waals surface area contributed by atoms with E-state index in [9.17, 15) is 0 Å². The van der Waals surface area contributed by atoms with Gasteiger partial charge in [0.15, 0.2) is 0 Å². The van der Waals surface area contributed by atoms with Crippen molar-refractivity contribution < 1.29 is 0 Å². The van der Waals surface area contributed by atoms with Gasteiger partial charge >= 0.3 is 0 Å². The Bertz CT molecular complexity index is 634. The second-order valence-electron chi connectivity index (χ2n) is 9.85. The summed E-state index contributed by atoms with van der Waals surface area (Å²) < 4.78 is 2.41. The van der Waals surface area contributed by atoms with E-state index in [2.05, 4.69) is 66.3 Å². The molecule has 1 aromatic heterocycles. The van der Waals surface area contributed by atoms with Crippen LogP contribution in [0.15, 0.2) is 49.1 Å². The monoisotopic (exact) mass is 438 g/mol. The fourth-order valence-electron chi connectivity index (χ4n) is 5.12. The van der Waals surface area contributed by atoms with Crippen LogP contribution >= 0.6 is 0 Å². The number of unbranched alkanes of at least 4 members (excludes halogenated alkanes) is 12. The number of benzene rings is 1. The predicted molar refractivity (Wildman–Crippen MR) is 140 cm³/mol. The fourth-order valence-corrected chi connectivity index (χ4v) is 5.12. The van der Waals surface area contributed by atoms with Crippen molar-refractivity contribution in [2.24, 2.45) is 5.92 Å². The van der Waals surface area contributed by atoms with Crippen LogP contribution < -0.4 is 0 Å². The summed E-state index contributed by atoms with van der Waals surface area (Å²) in [6, 6.07) is 11.7. The molecule has 1 aromatic carbocycles. The molecule has 180 valence electrons. The van der Waals surface area contributed by atoms with E-state index in [0.29, 0.717) is 12.0 Å². The molecular weight excluding hydrogens is 388 g/mol. The van der Waals surface area contributed by atoms with E-state index in [1.807, 2.05) is 6.20 Å². The van der Waals surface area contributed by atoms with Crippen molar-refractivity contribution in [3.63, 3.8) is 0 Å². The lowest BCUT2D eigenvalue weighted by Gasteiger charge is -2.29. The number of hydrogen-bond acceptors (Lipinski definition) is 1. The van der Waals surface area contributed by atoms with E-state index in [1.54, 1.807) is 0 Å². The second kappa shape index (κ2) is 17.9. The number of hydrogen-bond donors (Lipinski definition) is 0. The summed E-state index contributed by atoms with van der Waals surface area (Å²) >= 11 is 0. The van der Waals surface area contributed by atoms with Crippen LogP contribution in [0.5, 0.6) is 0 Å². The van der Waals surface area contributed by atoms with Crippen molar-refractivity contribution in [2.45, 2.75) is 129 Å². The molecule has 2 aromatic rings. The summed E-state index contributed by atoms with van der Waals surface area (Å²) in [7, 11) is 0. The van der Waals surface area contributed by atoms with Gasteiger partial charge in [-0.3, -0.25) is 0 Å². The van der Waals surface area contributed by atoms with Gasteiger partial charge in [-0.15, -0.1) is 0 Å². The van der Waals surface area contributed by atoms with E-state index in [1.165, 1.54) is 115 Å². The standard InChI is InChI=1S/C30H50N2/c1-3-5-7-8-9-10-11-12-13-14-19-23-30(32-25-24-31-27-32)29(22-16-6-4-2)26-28-20-17-15-18-21-28/h15,17-18,20-21,24-25,27,29-30H,3-14,16,19,22-23,26H2,1-2H3. The van der Waals surface area contributed by atoms with Crippen molar-refractivity contribution >= 4 is 0 Å². The molecule has 0 bridgehead atoms. The molecule has 0 spiro atoms. The number of nitrogens with zero attached hydrogens (tertiary/aromatic N) is 2. The van der Waals surface area contributed by atoms with Gasteiger partial charge in [0.25, 0.3) is 0 Å². The topological polar surface area (TPSA) is 17.8 Å². The highest BCUT2D eigenvalue weighted by Gasteiger charge is 2.22. The molecule has 1 heterocycles. The Labute approximate surface area is 199 Å². The van der Waals surface area contributed by atoms with Gasteiger partial charge in [0, 0.05) is 18.4 Å². The molecule has 2 heteroatoms. The molecule has 2 unspecified atom stereocenters. The first-order valence-electron chi connectivity index (χ1n) is 13.9. The highest BCUT2D eigenvalue weighted by Crippen LogP contribution is 2.32. The van der Waals surface area contributed by atoms with Crippen molar-refractivity contribution in [2.75, 3.05) is 0 Å². The first-order valence-corrected chi connectivity index (χ1v) is 13.9.